The average Bonchev–Trinajstić information content (AvgIpc) is 2.55. The summed E-state index contributed by atoms with van der Waals surface area (Å²) in [7, 11) is 0.422. The van der Waals surface area contributed by atoms with E-state index in [1.165, 1.54) is 38.5 Å². The van der Waals surface area contributed by atoms with Crippen LogP contribution in [0.25, 0.3) is 0 Å². The Balaban J connectivity index is 0. The number of hydrogen-bond acceptors (Lipinski definition) is 0. The zero-order valence-corrected chi connectivity index (χ0v) is 17.4. The van der Waals surface area contributed by atoms with Crippen LogP contribution in [0.1, 0.15) is 59.3 Å². The monoisotopic (exact) mass is 495 g/mol. The van der Waals surface area contributed by atoms with Gasteiger partial charge in [-0.1, -0.05) is 40.0 Å². The van der Waals surface area contributed by atoms with Gasteiger partial charge in [-0.05, 0) is 37.7 Å². The molecule has 0 aliphatic carbocycles. The fourth-order valence-electron chi connectivity index (χ4n) is 1.59. The molecule has 2 heteroatoms. The van der Waals surface area contributed by atoms with Crippen molar-refractivity contribution in [1.82, 2.24) is 0 Å². The van der Waals surface area contributed by atoms with E-state index in [-0.39, 0.29) is 0 Å². The summed E-state index contributed by atoms with van der Waals surface area (Å²) in [6.07, 6.45) is 22.9. The van der Waals surface area contributed by atoms with Crippen molar-refractivity contribution in [3.05, 3.63) is 0 Å². The van der Waals surface area contributed by atoms with E-state index in [2.05, 4.69) is 53.1 Å². The fraction of sp³-hybridized carbons (Fsp3) is 0.600. The third-order valence-electron chi connectivity index (χ3n) is 2.79. The third kappa shape index (κ3) is 21.7. The molecule has 0 bridgehead atoms. The van der Waals surface area contributed by atoms with E-state index in [0.717, 1.165) is 0 Å². The molecule has 0 heterocycles. The molecule has 0 spiro atoms. The second-order valence-electron chi connectivity index (χ2n) is 4.68. The first-order valence-electron chi connectivity index (χ1n) is 7.96. The molecule has 0 radical (unpaired) electrons. The Morgan fingerprint density at radius 3 is 1.36 bits per heavy atom. The first-order chi connectivity index (χ1) is 10.8. The Labute approximate surface area is 149 Å². The molecule has 0 N–H and O–H groups in total. The smallest absolute Gasteiger partial charge is 0.0326 e. The van der Waals surface area contributed by atoms with Crippen LogP contribution in [-0.4, -0.2) is 18.5 Å². The Bertz CT molecular complexity index is 382. The van der Waals surface area contributed by atoms with Crippen molar-refractivity contribution in [2.75, 3.05) is 18.5 Å². The Kier molecular flexibility index (Phi) is 24.3. The number of hydrogen-bond donors (Lipinski definition) is 0. The number of terminal acetylenes is 2. The summed E-state index contributed by atoms with van der Waals surface area (Å²) >= 11 is -0.404. The molecule has 22 heavy (non-hydrogen) atoms. The van der Waals surface area contributed by atoms with Crippen LogP contribution in [0, 0.1) is 45.1 Å². The minimum absolute atomic E-state index is 0.404. The minimum Gasteiger partial charge on any atom is -0.107 e. The Morgan fingerprint density at radius 1 is 0.727 bits per heavy atom. The van der Waals surface area contributed by atoms with Crippen LogP contribution >= 0.6 is 7.92 Å². The van der Waals surface area contributed by atoms with Gasteiger partial charge in [0.05, 0.1) is 0 Å². The van der Waals surface area contributed by atoms with Crippen LogP contribution in [0.2, 0.25) is 0 Å². The second-order valence-corrected chi connectivity index (χ2v) is 9.07. The van der Waals surface area contributed by atoms with Crippen molar-refractivity contribution < 1.29 is 18.6 Å². The molecule has 0 aromatic carbocycles. The molecule has 0 atom stereocenters. The zero-order chi connectivity index (χ0) is 16.9. The predicted molar refractivity (Wildman–Crippen MR) is 99.5 cm³/mol. The third-order valence-corrected chi connectivity index (χ3v) is 6.77. The predicted octanol–water partition coefficient (Wildman–Crippen LogP) is 5.13. The van der Waals surface area contributed by atoms with Crippen molar-refractivity contribution in [3.8, 4) is 45.1 Å². The molecule has 0 rings (SSSR count). The summed E-state index contributed by atoms with van der Waals surface area (Å²) in [6, 6.07) is 0. The largest absolute Gasteiger partial charge is 0.107 e. The summed E-state index contributed by atoms with van der Waals surface area (Å²) in [6.45, 7) is 6.94. The first kappa shape index (κ1) is 23.6. The quantitative estimate of drug-likeness (QED) is 0.308. The van der Waals surface area contributed by atoms with E-state index in [9.17, 15) is 0 Å². The average molecular weight is 496 g/mol. The van der Waals surface area contributed by atoms with Crippen molar-refractivity contribution in [1.29, 1.82) is 0 Å². The van der Waals surface area contributed by atoms with Gasteiger partial charge in [-0.3, -0.25) is 0 Å². The van der Waals surface area contributed by atoms with Crippen molar-refractivity contribution in [2.24, 2.45) is 0 Å². The van der Waals surface area contributed by atoms with Crippen LogP contribution in [0.15, 0.2) is 0 Å². The van der Waals surface area contributed by atoms with Crippen LogP contribution in [0.3, 0.4) is 0 Å². The van der Waals surface area contributed by atoms with E-state index in [1.54, 1.807) is 18.5 Å². The molecule has 0 saturated carbocycles. The van der Waals surface area contributed by atoms with Crippen molar-refractivity contribution >= 4 is 7.92 Å². The van der Waals surface area contributed by atoms with Gasteiger partial charge in [-0.2, -0.15) is 0 Å². The number of rotatable bonds is 9. The molecule has 0 aromatic rings. The van der Waals surface area contributed by atoms with Gasteiger partial charge in [-0.25, -0.2) is 0 Å². The first-order valence-corrected chi connectivity index (χ1v) is 12.1. The van der Waals surface area contributed by atoms with E-state index in [4.69, 9.17) is 12.8 Å². The van der Waals surface area contributed by atoms with E-state index in [1.807, 2.05) is 0 Å². The maximum absolute atomic E-state index is 4.85. The van der Waals surface area contributed by atoms with Gasteiger partial charge >= 0.3 is 63.7 Å². The topological polar surface area (TPSA) is 0 Å². The molecule has 0 fully saturated rings. The van der Waals surface area contributed by atoms with E-state index in [0.29, 0.717) is 7.92 Å². The van der Waals surface area contributed by atoms with E-state index < -0.39 is 18.6 Å². The summed E-state index contributed by atoms with van der Waals surface area (Å²) in [5.41, 5.74) is 0. The molecular formula is C20H29PPt. The normalized spacial score (nSPS) is 8.45. The van der Waals surface area contributed by atoms with Crippen LogP contribution in [-0.2, 0) is 18.6 Å². The molecule has 0 aliphatic rings. The maximum atomic E-state index is 4.85. The van der Waals surface area contributed by atoms with Gasteiger partial charge < -0.3 is 0 Å². The molecule has 0 aliphatic heterocycles. The summed E-state index contributed by atoms with van der Waals surface area (Å²) < 4.78 is 5.45. The fourth-order valence-corrected chi connectivity index (χ4v) is 5.30. The van der Waals surface area contributed by atoms with Gasteiger partial charge in [0, 0.05) is 0 Å². The van der Waals surface area contributed by atoms with Gasteiger partial charge in [0.2, 0.25) is 0 Å². The van der Waals surface area contributed by atoms with Gasteiger partial charge in [0.15, 0.2) is 0 Å². The van der Waals surface area contributed by atoms with Gasteiger partial charge in [0.1, 0.15) is 0 Å². The van der Waals surface area contributed by atoms with Crippen LogP contribution in [0.4, 0.5) is 0 Å². The molecule has 0 saturated heterocycles. The van der Waals surface area contributed by atoms with Crippen LogP contribution in [0.5, 0.6) is 0 Å². The molecule has 0 amide bonds. The second kappa shape index (κ2) is 22.6. The number of unbranched alkanes of at least 4 members (excludes halogenated alkanes) is 3. The maximum Gasteiger partial charge on any atom is -0.0326 e. The SMILES string of the molecule is C#CC#[C][Pt][C]#CC#C.CCCCP(CCCC)CCCC. The summed E-state index contributed by atoms with van der Waals surface area (Å²) in [4.78, 5) is 0. The molecule has 0 aromatic heterocycles. The summed E-state index contributed by atoms with van der Waals surface area (Å²) in [5.74, 6) is 9.31. The Morgan fingerprint density at radius 2 is 1.09 bits per heavy atom. The van der Waals surface area contributed by atoms with E-state index >= 15 is 0 Å². The van der Waals surface area contributed by atoms with Gasteiger partial charge in [-0.15, -0.1) is 7.92 Å². The zero-order valence-electron chi connectivity index (χ0n) is 14.3. The molecule has 0 unspecified atom stereocenters. The molecule has 0 nitrogen and oxygen atoms in total. The van der Waals surface area contributed by atoms with Crippen molar-refractivity contribution in [2.45, 2.75) is 59.3 Å². The Hall–Kier alpha value is -0.642. The van der Waals surface area contributed by atoms with Gasteiger partial charge in [0.25, 0.3) is 0 Å². The van der Waals surface area contributed by atoms with Crippen LogP contribution < -0.4 is 0 Å². The molecular weight excluding hydrogens is 466 g/mol. The standard InChI is InChI=1S/C12H27P.2C4H.Pt/c1-4-7-10-13(11-8-5-2)12-9-6-3;2*1-3-4-2;/h4-12H2,1-3H3;2*1H;. The minimum atomic E-state index is -0.404. The van der Waals surface area contributed by atoms with Crippen molar-refractivity contribution in [3.63, 3.8) is 0 Å². The molecule has 124 valence electrons. The summed E-state index contributed by atoms with van der Waals surface area (Å²) in [5, 5.41) is 0.